The molecule has 1 N–H and O–H groups in total. The first-order valence-corrected chi connectivity index (χ1v) is 14.5. The van der Waals surface area contributed by atoms with E-state index in [-0.39, 0.29) is 25.0 Å². The standard InChI is InChI=1S/C32H27ClN4O6S/c1-40-27-14-9-21(16-28(27)41-2)18-34-36-32-37(19-25-7-5-15-42-25)31(39)29(44-32)17-22-6-3-4-8-26(22)43-20-30(38)35-24-12-10-23(33)11-13-24/h3-18H,19-20H2,1-2H3,(H,35,38)/b29-17-,34-18-,36-32+. The van der Waals surface area contributed by atoms with E-state index in [0.717, 1.165) is 5.56 Å². The Labute approximate surface area is 263 Å². The van der Waals surface area contributed by atoms with E-state index in [4.69, 9.17) is 30.2 Å². The lowest BCUT2D eigenvalue weighted by Gasteiger charge is -2.12. The highest BCUT2D eigenvalue weighted by atomic mass is 35.5. The predicted octanol–water partition coefficient (Wildman–Crippen LogP) is 6.47. The Kier molecular flexibility index (Phi) is 10.0. The van der Waals surface area contributed by atoms with Gasteiger partial charge in [-0.1, -0.05) is 29.8 Å². The number of methoxy groups -OCH3 is 2. The minimum absolute atomic E-state index is 0.171. The molecular formula is C32H27ClN4O6S. The Bertz CT molecular complexity index is 1720. The van der Waals surface area contributed by atoms with Gasteiger partial charge >= 0.3 is 0 Å². The first-order chi connectivity index (χ1) is 21.4. The van der Waals surface area contributed by atoms with Gasteiger partial charge in [0.1, 0.15) is 11.5 Å². The maximum Gasteiger partial charge on any atom is 0.267 e. The molecule has 1 aromatic heterocycles. The van der Waals surface area contributed by atoms with Crippen LogP contribution in [-0.4, -0.2) is 48.9 Å². The Balaban J connectivity index is 1.34. The van der Waals surface area contributed by atoms with E-state index in [9.17, 15) is 9.59 Å². The van der Waals surface area contributed by atoms with Gasteiger partial charge in [-0.2, -0.15) is 5.10 Å². The average molecular weight is 631 g/mol. The normalized spacial score (nSPS) is 14.9. The molecule has 2 amide bonds. The number of anilines is 1. The Morgan fingerprint density at radius 2 is 1.80 bits per heavy atom. The maximum atomic E-state index is 13.6. The monoisotopic (exact) mass is 630 g/mol. The van der Waals surface area contributed by atoms with Gasteiger partial charge in [-0.05, 0) is 84.1 Å². The van der Waals surface area contributed by atoms with Crippen LogP contribution in [0.5, 0.6) is 17.2 Å². The number of thioether (sulfide) groups is 1. The van der Waals surface area contributed by atoms with E-state index < -0.39 is 0 Å². The van der Waals surface area contributed by atoms with Crippen molar-refractivity contribution in [2.45, 2.75) is 6.54 Å². The molecule has 3 aromatic carbocycles. The van der Waals surface area contributed by atoms with Crippen molar-refractivity contribution >= 4 is 58.3 Å². The van der Waals surface area contributed by atoms with Crippen molar-refractivity contribution in [2.75, 3.05) is 26.1 Å². The molecule has 0 atom stereocenters. The van der Waals surface area contributed by atoms with E-state index >= 15 is 0 Å². The molecule has 5 rings (SSSR count). The van der Waals surface area contributed by atoms with E-state index in [1.54, 1.807) is 99.5 Å². The van der Waals surface area contributed by atoms with Crippen molar-refractivity contribution in [3.8, 4) is 17.2 Å². The molecule has 0 unspecified atom stereocenters. The number of ether oxygens (including phenoxy) is 3. The first-order valence-electron chi connectivity index (χ1n) is 13.3. The second-order valence-corrected chi connectivity index (χ2v) is 10.6. The van der Waals surface area contributed by atoms with Gasteiger partial charge in [-0.15, -0.1) is 5.10 Å². The summed E-state index contributed by atoms with van der Waals surface area (Å²) in [6.07, 6.45) is 4.81. The molecule has 4 aromatic rings. The summed E-state index contributed by atoms with van der Waals surface area (Å²) in [5, 5.41) is 12.3. The Morgan fingerprint density at radius 1 is 1.00 bits per heavy atom. The van der Waals surface area contributed by atoms with Gasteiger partial charge in [-0.25, -0.2) is 0 Å². The number of benzene rings is 3. The number of amidine groups is 1. The fourth-order valence-electron chi connectivity index (χ4n) is 4.10. The van der Waals surface area contributed by atoms with Crippen molar-refractivity contribution in [1.29, 1.82) is 0 Å². The summed E-state index contributed by atoms with van der Waals surface area (Å²) in [6.45, 7) is -0.0595. The fraction of sp³-hybridized carbons (Fsp3) is 0.125. The molecule has 0 aliphatic carbocycles. The van der Waals surface area contributed by atoms with Gasteiger partial charge in [-0.3, -0.25) is 14.5 Å². The van der Waals surface area contributed by atoms with E-state index in [0.29, 0.717) is 49.4 Å². The molecule has 1 aliphatic heterocycles. The molecule has 1 aliphatic rings. The number of carbonyl (C=O) groups excluding carboxylic acids is 2. The van der Waals surface area contributed by atoms with Crippen LogP contribution in [0, 0.1) is 0 Å². The van der Waals surface area contributed by atoms with Crippen molar-refractivity contribution in [3.05, 3.63) is 112 Å². The summed E-state index contributed by atoms with van der Waals surface area (Å²) >= 11 is 7.08. The van der Waals surface area contributed by atoms with Crippen LogP contribution in [0.25, 0.3) is 6.08 Å². The van der Waals surface area contributed by atoms with Gasteiger partial charge in [0, 0.05) is 16.3 Å². The molecule has 224 valence electrons. The number of hydrogen-bond donors (Lipinski definition) is 1. The largest absolute Gasteiger partial charge is 0.493 e. The van der Waals surface area contributed by atoms with Crippen LogP contribution in [0.15, 0.2) is 105 Å². The van der Waals surface area contributed by atoms with Crippen molar-refractivity contribution in [1.82, 2.24) is 4.90 Å². The van der Waals surface area contributed by atoms with Gasteiger partial charge in [0.2, 0.25) is 0 Å². The third-order valence-corrected chi connectivity index (χ3v) is 7.48. The number of hydrogen-bond acceptors (Lipinski definition) is 9. The van der Waals surface area contributed by atoms with Gasteiger partial charge in [0.25, 0.3) is 11.8 Å². The van der Waals surface area contributed by atoms with Crippen molar-refractivity contribution < 1.29 is 28.2 Å². The zero-order chi connectivity index (χ0) is 30.9. The summed E-state index contributed by atoms with van der Waals surface area (Å²) in [5.74, 6) is 1.57. The number of rotatable bonds is 11. The Hall–Kier alpha value is -5.00. The Morgan fingerprint density at radius 3 is 2.55 bits per heavy atom. The van der Waals surface area contributed by atoms with Crippen molar-refractivity contribution in [2.24, 2.45) is 10.2 Å². The number of nitrogens with one attached hydrogen (secondary N) is 1. The van der Waals surface area contributed by atoms with Gasteiger partial charge < -0.3 is 23.9 Å². The smallest absolute Gasteiger partial charge is 0.267 e. The maximum absolute atomic E-state index is 13.6. The molecule has 1 fully saturated rings. The second-order valence-electron chi connectivity index (χ2n) is 9.20. The lowest BCUT2D eigenvalue weighted by Crippen LogP contribution is -2.28. The number of halogens is 1. The summed E-state index contributed by atoms with van der Waals surface area (Å²) in [7, 11) is 3.12. The van der Waals surface area contributed by atoms with Crippen LogP contribution in [0.1, 0.15) is 16.9 Å². The number of furan rings is 1. The third kappa shape index (κ3) is 7.68. The molecule has 0 saturated carbocycles. The minimum Gasteiger partial charge on any atom is -0.493 e. The highest BCUT2D eigenvalue weighted by Crippen LogP contribution is 2.35. The molecule has 0 spiro atoms. The molecule has 2 heterocycles. The quantitative estimate of drug-likeness (QED) is 0.115. The van der Waals surface area contributed by atoms with E-state index in [1.807, 2.05) is 12.1 Å². The van der Waals surface area contributed by atoms with Crippen LogP contribution in [0.4, 0.5) is 5.69 Å². The molecular weight excluding hydrogens is 604 g/mol. The summed E-state index contributed by atoms with van der Waals surface area (Å²) in [4.78, 5) is 27.9. The zero-order valence-electron chi connectivity index (χ0n) is 23.7. The highest BCUT2D eigenvalue weighted by Gasteiger charge is 2.34. The molecule has 1 saturated heterocycles. The van der Waals surface area contributed by atoms with Gasteiger partial charge in [0.15, 0.2) is 23.3 Å². The zero-order valence-corrected chi connectivity index (χ0v) is 25.3. The average Bonchev–Trinajstić information content (AvgIpc) is 3.66. The molecule has 10 nitrogen and oxygen atoms in total. The molecule has 0 bridgehead atoms. The molecule has 44 heavy (non-hydrogen) atoms. The van der Waals surface area contributed by atoms with Crippen molar-refractivity contribution in [3.63, 3.8) is 0 Å². The number of amides is 2. The third-order valence-electron chi connectivity index (χ3n) is 6.23. The number of carbonyl (C=O) groups is 2. The topological polar surface area (TPSA) is 115 Å². The summed E-state index contributed by atoms with van der Waals surface area (Å²) in [5.41, 5.74) is 1.96. The number of para-hydroxylation sites is 1. The lowest BCUT2D eigenvalue weighted by atomic mass is 10.2. The molecule has 0 radical (unpaired) electrons. The van der Waals surface area contributed by atoms with Crippen LogP contribution in [0.2, 0.25) is 5.02 Å². The van der Waals surface area contributed by atoms with E-state index in [1.165, 1.54) is 16.7 Å². The highest BCUT2D eigenvalue weighted by molar-refractivity contribution is 8.18. The predicted molar refractivity (Wildman–Crippen MR) is 171 cm³/mol. The first kappa shape index (κ1) is 30.5. The number of nitrogens with zero attached hydrogens (tertiary/aromatic N) is 3. The van der Waals surface area contributed by atoms with Crippen LogP contribution in [0.3, 0.4) is 0 Å². The minimum atomic E-state index is -0.340. The molecule has 12 heteroatoms. The van der Waals surface area contributed by atoms with Crippen LogP contribution < -0.4 is 19.5 Å². The second kappa shape index (κ2) is 14.5. The van der Waals surface area contributed by atoms with E-state index in [2.05, 4.69) is 15.5 Å². The SMILES string of the molecule is COc1ccc(/C=N\N=C2\S/C(=C\c3ccccc3OCC(=O)Nc3ccc(Cl)cc3)C(=O)N2Cc2ccco2)cc1OC. The van der Waals surface area contributed by atoms with Crippen LogP contribution in [-0.2, 0) is 16.1 Å². The fourth-order valence-corrected chi connectivity index (χ4v) is 5.16. The van der Waals surface area contributed by atoms with Crippen LogP contribution >= 0.6 is 23.4 Å². The summed E-state index contributed by atoms with van der Waals surface area (Å²) in [6, 6.07) is 22.8. The van der Waals surface area contributed by atoms with Gasteiger partial charge in [0.05, 0.1) is 38.1 Å². The summed E-state index contributed by atoms with van der Waals surface area (Å²) < 4.78 is 21.9. The lowest BCUT2D eigenvalue weighted by molar-refractivity contribution is -0.122.